The van der Waals surface area contributed by atoms with Crippen LogP contribution in [0.2, 0.25) is 0 Å². The highest BCUT2D eigenvalue weighted by Gasteiger charge is 2.25. The molecule has 21 heavy (non-hydrogen) atoms. The number of rotatable bonds is 5. The van der Waals surface area contributed by atoms with Crippen molar-refractivity contribution in [1.29, 1.82) is 0 Å². The Morgan fingerprint density at radius 2 is 1.81 bits per heavy atom. The largest absolute Gasteiger partial charge is 0.488 e. The number of benzene rings is 2. The van der Waals surface area contributed by atoms with Crippen molar-refractivity contribution in [3.05, 3.63) is 65.2 Å². The van der Waals surface area contributed by atoms with Crippen LogP contribution in [-0.4, -0.2) is 19.5 Å². The van der Waals surface area contributed by atoms with Gasteiger partial charge >= 0.3 is 0 Å². The van der Waals surface area contributed by atoms with Gasteiger partial charge in [-0.05, 0) is 11.6 Å². The Kier molecular flexibility index (Phi) is 4.28. The maximum atomic E-state index is 11.2. The Morgan fingerprint density at radius 1 is 1.05 bits per heavy atom. The average molecular weight is 284 g/mol. The highest BCUT2D eigenvalue weighted by atomic mass is 16.7. The Balaban J connectivity index is 1.85. The summed E-state index contributed by atoms with van der Waals surface area (Å²) in [4.78, 5) is 11.2. The van der Waals surface area contributed by atoms with Crippen LogP contribution >= 0.6 is 0 Å². The van der Waals surface area contributed by atoms with Crippen molar-refractivity contribution >= 4 is 6.29 Å². The smallest absolute Gasteiger partial charge is 0.188 e. The highest BCUT2D eigenvalue weighted by molar-refractivity contribution is 5.79. The molecule has 0 spiro atoms. The van der Waals surface area contributed by atoms with Gasteiger partial charge in [-0.2, -0.15) is 0 Å². The molecule has 0 N–H and O–H groups in total. The van der Waals surface area contributed by atoms with E-state index in [4.69, 9.17) is 14.2 Å². The predicted octanol–water partition coefficient (Wildman–Crippen LogP) is 3.12. The molecule has 0 saturated carbocycles. The first-order valence-corrected chi connectivity index (χ1v) is 6.86. The van der Waals surface area contributed by atoms with Gasteiger partial charge in [-0.3, -0.25) is 4.79 Å². The molecule has 4 nitrogen and oxygen atoms in total. The lowest BCUT2D eigenvalue weighted by Gasteiger charge is -2.17. The van der Waals surface area contributed by atoms with E-state index in [0.29, 0.717) is 36.7 Å². The highest BCUT2D eigenvalue weighted by Crippen LogP contribution is 2.34. The molecule has 0 unspecified atom stereocenters. The fourth-order valence-corrected chi connectivity index (χ4v) is 2.30. The van der Waals surface area contributed by atoms with Crippen molar-refractivity contribution < 1.29 is 19.0 Å². The molecule has 1 heterocycles. The van der Waals surface area contributed by atoms with Crippen molar-refractivity contribution in [1.82, 2.24) is 0 Å². The summed E-state index contributed by atoms with van der Waals surface area (Å²) in [5.41, 5.74) is 2.27. The normalized spacial score (nSPS) is 15.0. The summed E-state index contributed by atoms with van der Waals surface area (Å²) >= 11 is 0. The summed E-state index contributed by atoms with van der Waals surface area (Å²) in [5, 5.41) is 0. The lowest BCUT2D eigenvalue weighted by atomic mass is 10.1. The Hall–Kier alpha value is -2.17. The fraction of sp³-hybridized carbons (Fsp3) is 0.235. The maximum absolute atomic E-state index is 11.2. The topological polar surface area (TPSA) is 44.8 Å². The first kappa shape index (κ1) is 13.8. The predicted molar refractivity (Wildman–Crippen MR) is 77.2 cm³/mol. The third-order valence-corrected chi connectivity index (χ3v) is 3.32. The van der Waals surface area contributed by atoms with E-state index in [1.54, 1.807) is 12.1 Å². The van der Waals surface area contributed by atoms with Crippen molar-refractivity contribution in [2.75, 3.05) is 13.2 Å². The Labute approximate surface area is 123 Å². The minimum absolute atomic E-state index is 0.433. The van der Waals surface area contributed by atoms with E-state index in [0.717, 1.165) is 11.8 Å². The molecule has 1 aliphatic rings. The van der Waals surface area contributed by atoms with Crippen LogP contribution < -0.4 is 4.74 Å². The third-order valence-electron chi connectivity index (χ3n) is 3.32. The molecule has 0 atom stereocenters. The summed E-state index contributed by atoms with van der Waals surface area (Å²) in [6, 6.07) is 15.2. The van der Waals surface area contributed by atoms with Gasteiger partial charge in [-0.1, -0.05) is 42.5 Å². The molecule has 4 heteroatoms. The minimum atomic E-state index is -0.530. The van der Waals surface area contributed by atoms with E-state index < -0.39 is 6.29 Å². The van der Waals surface area contributed by atoms with Gasteiger partial charge in [0.15, 0.2) is 12.6 Å². The number of carbonyl (C=O) groups is 1. The lowest BCUT2D eigenvalue weighted by Crippen LogP contribution is -2.07. The molecule has 2 aromatic carbocycles. The molecule has 0 radical (unpaired) electrons. The first-order valence-electron chi connectivity index (χ1n) is 6.86. The second-order valence-corrected chi connectivity index (χ2v) is 4.72. The van der Waals surface area contributed by atoms with Crippen LogP contribution in [0, 0.1) is 0 Å². The third kappa shape index (κ3) is 3.12. The average Bonchev–Trinajstić information content (AvgIpc) is 3.07. The summed E-state index contributed by atoms with van der Waals surface area (Å²) < 4.78 is 16.9. The van der Waals surface area contributed by atoms with Gasteiger partial charge in [0.2, 0.25) is 0 Å². The zero-order valence-electron chi connectivity index (χ0n) is 11.5. The van der Waals surface area contributed by atoms with Gasteiger partial charge in [0.1, 0.15) is 12.4 Å². The molecule has 0 bridgehead atoms. The molecule has 1 saturated heterocycles. The molecule has 0 aliphatic carbocycles. The van der Waals surface area contributed by atoms with E-state index in [9.17, 15) is 4.79 Å². The molecular formula is C17H16O4. The maximum Gasteiger partial charge on any atom is 0.188 e. The SMILES string of the molecule is O=Cc1cccc(OCc2ccccc2)c1C1OCCO1. The van der Waals surface area contributed by atoms with E-state index >= 15 is 0 Å². The summed E-state index contributed by atoms with van der Waals surface area (Å²) in [7, 11) is 0. The van der Waals surface area contributed by atoms with Crippen molar-refractivity contribution in [2.45, 2.75) is 12.9 Å². The zero-order valence-corrected chi connectivity index (χ0v) is 11.5. The zero-order chi connectivity index (χ0) is 14.5. The second-order valence-electron chi connectivity index (χ2n) is 4.72. The second kappa shape index (κ2) is 6.52. The monoisotopic (exact) mass is 284 g/mol. The number of hydrogen-bond acceptors (Lipinski definition) is 4. The standard InChI is InChI=1S/C17H16O4/c18-11-14-7-4-8-15(16(14)17-19-9-10-20-17)21-12-13-5-2-1-3-6-13/h1-8,11,17H,9-10,12H2. The quantitative estimate of drug-likeness (QED) is 0.791. The van der Waals surface area contributed by atoms with Crippen molar-refractivity contribution in [3.8, 4) is 5.75 Å². The number of hydrogen-bond donors (Lipinski definition) is 0. The van der Waals surface area contributed by atoms with E-state index in [1.165, 1.54) is 0 Å². The van der Waals surface area contributed by atoms with Crippen LogP contribution in [0.25, 0.3) is 0 Å². The summed E-state index contributed by atoms with van der Waals surface area (Å²) in [6.07, 6.45) is 0.271. The number of ether oxygens (including phenoxy) is 3. The van der Waals surface area contributed by atoms with E-state index in [-0.39, 0.29) is 0 Å². The first-order chi connectivity index (χ1) is 10.4. The Bertz CT molecular complexity index is 603. The van der Waals surface area contributed by atoms with Gasteiger partial charge in [0.25, 0.3) is 0 Å². The van der Waals surface area contributed by atoms with E-state index in [2.05, 4.69) is 0 Å². The molecule has 0 aromatic heterocycles. The summed E-state index contributed by atoms with van der Waals surface area (Å²) in [6.45, 7) is 1.48. The molecule has 3 rings (SSSR count). The van der Waals surface area contributed by atoms with Gasteiger partial charge in [-0.25, -0.2) is 0 Å². The van der Waals surface area contributed by atoms with Crippen molar-refractivity contribution in [2.24, 2.45) is 0 Å². The molecule has 2 aromatic rings. The summed E-state index contributed by atoms with van der Waals surface area (Å²) in [5.74, 6) is 0.621. The van der Waals surface area contributed by atoms with Gasteiger partial charge in [0, 0.05) is 5.56 Å². The van der Waals surface area contributed by atoms with Crippen LogP contribution in [0.15, 0.2) is 48.5 Å². The number of carbonyl (C=O) groups excluding carboxylic acids is 1. The van der Waals surface area contributed by atoms with Crippen LogP contribution in [0.4, 0.5) is 0 Å². The molecule has 0 amide bonds. The van der Waals surface area contributed by atoms with Crippen LogP contribution in [0.5, 0.6) is 5.75 Å². The van der Waals surface area contributed by atoms with Gasteiger partial charge in [-0.15, -0.1) is 0 Å². The van der Waals surface area contributed by atoms with Gasteiger partial charge in [0.05, 0.1) is 18.8 Å². The lowest BCUT2D eigenvalue weighted by molar-refractivity contribution is -0.0461. The van der Waals surface area contributed by atoms with Crippen LogP contribution in [0.3, 0.4) is 0 Å². The molecular weight excluding hydrogens is 268 g/mol. The minimum Gasteiger partial charge on any atom is -0.488 e. The molecule has 1 aliphatic heterocycles. The fourth-order valence-electron chi connectivity index (χ4n) is 2.30. The van der Waals surface area contributed by atoms with Gasteiger partial charge < -0.3 is 14.2 Å². The van der Waals surface area contributed by atoms with E-state index in [1.807, 2.05) is 36.4 Å². The van der Waals surface area contributed by atoms with Crippen LogP contribution in [-0.2, 0) is 16.1 Å². The van der Waals surface area contributed by atoms with Crippen molar-refractivity contribution in [3.63, 3.8) is 0 Å². The Morgan fingerprint density at radius 3 is 2.52 bits per heavy atom. The van der Waals surface area contributed by atoms with Crippen LogP contribution in [0.1, 0.15) is 27.8 Å². The number of aldehydes is 1. The molecule has 1 fully saturated rings. The molecule has 108 valence electrons.